The van der Waals surface area contributed by atoms with Crippen LogP contribution >= 0.6 is 15.9 Å². The Morgan fingerprint density at radius 2 is 2.20 bits per heavy atom. The Bertz CT molecular complexity index is 379. The molecule has 1 atom stereocenters. The fraction of sp³-hybridized carbons (Fsp3) is 0.273. The quantitative estimate of drug-likeness (QED) is 0.829. The van der Waals surface area contributed by atoms with Crippen molar-refractivity contribution in [2.75, 3.05) is 6.54 Å². The van der Waals surface area contributed by atoms with Gasteiger partial charge in [-0.1, -0.05) is 31.2 Å². The molecule has 2 nitrogen and oxygen atoms in total. The van der Waals surface area contributed by atoms with E-state index in [0.717, 1.165) is 21.4 Å². The van der Waals surface area contributed by atoms with E-state index in [2.05, 4.69) is 27.2 Å². The van der Waals surface area contributed by atoms with Crippen molar-refractivity contribution < 1.29 is 4.21 Å². The molecular weight excluding hydrogens is 274 g/mol. The van der Waals surface area contributed by atoms with Crippen molar-refractivity contribution in [3.05, 3.63) is 40.9 Å². The first kappa shape index (κ1) is 12.6. The van der Waals surface area contributed by atoms with Crippen LogP contribution in [0, 0.1) is 0 Å². The van der Waals surface area contributed by atoms with Crippen LogP contribution in [0.4, 0.5) is 0 Å². The third kappa shape index (κ3) is 3.89. The zero-order chi connectivity index (χ0) is 11.3. The molecule has 82 valence electrons. The van der Waals surface area contributed by atoms with Crippen LogP contribution in [0.3, 0.4) is 0 Å². The summed E-state index contributed by atoms with van der Waals surface area (Å²) in [6.07, 6.45) is 0.903. The number of rotatable bonds is 5. The molecule has 0 amide bonds. The van der Waals surface area contributed by atoms with Gasteiger partial charge in [-0.15, -0.1) is 0 Å². The number of hydrogen-bond acceptors (Lipinski definition) is 1. The minimum Gasteiger partial charge on any atom is -0.237 e. The maximum atomic E-state index is 11.8. The van der Waals surface area contributed by atoms with Crippen LogP contribution in [-0.2, 0) is 11.0 Å². The van der Waals surface area contributed by atoms with E-state index in [1.165, 1.54) is 0 Å². The Kier molecular flexibility index (Phi) is 5.22. The largest absolute Gasteiger partial charge is 0.237 e. The first-order valence-electron chi connectivity index (χ1n) is 4.71. The molecule has 4 heteroatoms. The molecule has 0 bridgehead atoms. The van der Waals surface area contributed by atoms with Gasteiger partial charge in [0, 0.05) is 11.0 Å². The highest BCUT2D eigenvalue weighted by Gasteiger charge is 2.06. The fourth-order valence-electron chi connectivity index (χ4n) is 0.965. The lowest BCUT2D eigenvalue weighted by Gasteiger charge is -2.06. The van der Waals surface area contributed by atoms with Crippen LogP contribution < -0.4 is 4.72 Å². The Morgan fingerprint density at radius 1 is 1.53 bits per heavy atom. The zero-order valence-corrected chi connectivity index (χ0v) is 11.0. The maximum Gasteiger partial charge on any atom is 0.126 e. The number of hydrogen-bond donors (Lipinski definition) is 1. The van der Waals surface area contributed by atoms with E-state index in [9.17, 15) is 4.21 Å². The summed E-state index contributed by atoms with van der Waals surface area (Å²) in [5, 5.41) is 0. The SMILES string of the molecule is C=C(CC)CNS(=O)c1ccccc1Br. The van der Waals surface area contributed by atoms with E-state index in [4.69, 9.17) is 0 Å². The normalized spacial score (nSPS) is 12.4. The topological polar surface area (TPSA) is 29.1 Å². The minimum absolute atomic E-state index is 0.588. The molecule has 0 fully saturated rings. The van der Waals surface area contributed by atoms with E-state index in [-0.39, 0.29) is 0 Å². The monoisotopic (exact) mass is 287 g/mol. The van der Waals surface area contributed by atoms with Gasteiger partial charge < -0.3 is 0 Å². The Labute approximate surface area is 101 Å². The van der Waals surface area contributed by atoms with E-state index >= 15 is 0 Å². The van der Waals surface area contributed by atoms with Crippen LogP contribution in [0.25, 0.3) is 0 Å². The van der Waals surface area contributed by atoms with E-state index in [1.54, 1.807) is 0 Å². The summed E-state index contributed by atoms with van der Waals surface area (Å²) in [5.74, 6) is 0. The molecule has 0 saturated heterocycles. The summed E-state index contributed by atoms with van der Waals surface area (Å²) < 4.78 is 15.6. The summed E-state index contributed by atoms with van der Waals surface area (Å²) in [6.45, 7) is 6.47. The second-order valence-corrected chi connectivity index (χ2v) is 5.24. The van der Waals surface area contributed by atoms with Crippen molar-refractivity contribution in [3.63, 3.8) is 0 Å². The summed E-state index contributed by atoms with van der Waals surface area (Å²) in [4.78, 5) is 0.765. The van der Waals surface area contributed by atoms with Crippen molar-refractivity contribution in [1.82, 2.24) is 4.72 Å². The van der Waals surface area contributed by atoms with E-state index in [1.807, 2.05) is 31.2 Å². The van der Waals surface area contributed by atoms with Gasteiger partial charge in [0.15, 0.2) is 0 Å². The Morgan fingerprint density at radius 3 is 2.80 bits per heavy atom. The molecule has 0 spiro atoms. The van der Waals surface area contributed by atoms with Crippen molar-refractivity contribution in [2.24, 2.45) is 0 Å². The second kappa shape index (κ2) is 6.20. The van der Waals surface area contributed by atoms with Crippen molar-refractivity contribution in [3.8, 4) is 0 Å². The van der Waals surface area contributed by atoms with Crippen LogP contribution in [0.15, 0.2) is 45.8 Å². The summed E-state index contributed by atoms with van der Waals surface area (Å²) >= 11 is 3.37. The number of benzene rings is 1. The first-order valence-corrected chi connectivity index (χ1v) is 6.66. The smallest absolute Gasteiger partial charge is 0.126 e. The molecule has 1 rings (SSSR count). The van der Waals surface area contributed by atoms with Crippen LogP contribution in [0.2, 0.25) is 0 Å². The third-order valence-corrected chi connectivity index (χ3v) is 4.11. The van der Waals surface area contributed by atoms with Gasteiger partial charge in [0.2, 0.25) is 0 Å². The standard InChI is InChI=1S/C11H14BrNOS/c1-3-9(2)8-13-15(14)11-7-5-4-6-10(11)12/h4-7,13H,2-3,8H2,1H3. The van der Waals surface area contributed by atoms with Gasteiger partial charge in [-0.05, 0) is 34.5 Å². The zero-order valence-electron chi connectivity index (χ0n) is 8.63. The lowest BCUT2D eigenvalue weighted by Crippen LogP contribution is -2.19. The van der Waals surface area contributed by atoms with Gasteiger partial charge in [0.25, 0.3) is 0 Å². The summed E-state index contributed by atoms with van der Waals surface area (Å²) in [7, 11) is -1.17. The second-order valence-electron chi connectivity index (χ2n) is 3.12. The molecule has 0 aromatic heterocycles. The molecule has 1 N–H and O–H groups in total. The lowest BCUT2D eigenvalue weighted by molar-refractivity contribution is 0.674. The van der Waals surface area contributed by atoms with Gasteiger partial charge in [0.1, 0.15) is 11.0 Å². The van der Waals surface area contributed by atoms with Crippen molar-refractivity contribution in [1.29, 1.82) is 0 Å². The first-order chi connectivity index (χ1) is 7.15. The highest BCUT2D eigenvalue weighted by Crippen LogP contribution is 2.18. The van der Waals surface area contributed by atoms with Gasteiger partial charge in [-0.25, -0.2) is 8.93 Å². The molecular formula is C11H14BrNOS. The van der Waals surface area contributed by atoms with Gasteiger partial charge in [-0.2, -0.15) is 0 Å². The predicted molar refractivity (Wildman–Crippen MR) is 68.0 cm³/mol. The molecule has 1 unspecified atom stereocenters. The Hall–Kier alpha value is -0.450. The van der Waals surface area contributed by atoms with E-state index < -0.39 is 11.0 Å². The van der Waals surface area contributed by atoms with Gasteiger partial charge in [0.05, 0.1) is 4.90 Å². The van der Waals surface area contributed by atoms with Crippen LogP contribution in [0.5, 0.6) is 0 Å². The van der Waals surface area contributed by atoms with Crippen LogP contribution in [-0.4, -0.2) is 10.8 Å². The average Bonchev–Trinajstić information content (AvgIpc) is 2.26. The molecule has 15 heavy (non-hydrogen) atoms. The average molecular weight is 288 g/mol. The third-order valence-electron chi connectivity index (χ3n) is 1.99. The number of halogens is 1. The minimum atomic E-state index is -1.17. The van der Waals surface area contributed by atoms with Gasteiger partial charge in [-0.3, -0.25) is 0 Å². The highest BCUT2D eigenvalue weighted by molar-refractivity contribution is 9.10. The predicted octanol–water partition coefficient (Wildman–Crippen LogP) is 3.03. The molecule has 0 aliphatic rings. The summed E-state index contributed by atoms with van der Waals surface area (Å²) in [5.41, 5.74) is 1.05. The molecule has 1 aromatic rings. The van der Waals surface area contributed by atoms with Crippen molar-refractivity contribution in [2.45, 2.75) is 18.2 Å². The fourth-order valence-corrected chi connectivity index (χ4v) is 2.63. The van der Waals surface area contributed by atoms with Crippen molar-refractivity contribution >= 4 is 26.9 Å². The maximum absolute atomic E-state index is 11.8. The van der Waals surface area contributed by atoms with E-state index in [0.29, 0.717) is 6.54 Å². The molecule has 0 aliphatic carbocycles. The molecule has 0 radical (unpaired) electrons. The molecule has 0 heterocycles. The summed E-state index contributed by atoms with van der Waals surface area (Å²) in [6, 6.07) is 7.48. The van der Waals surface area contributed by atoms with Gasteiger partial charge >= 0.3 is 0 Å². The van der Waals surface area contributed by atoms with Crippen LogP contribution in [0.1, 0.15) is 13.3 Å². The molecule has 0 aliphatic heterocycles. The highest BCUT2D eigenvalue weighted by atomic mass is 79.9. The number of nitrogens with one attached hydrogen (secondary N) is 1. The Balaban J connectivity index is 2.62. The lowest BCUT2D eigenvalue weighted by atomic mass is 10.2. The molecule has 0 saturated carbocycles. The molecule has 1 aromatic carbocycles.